The third kappa shape index (κ3) is 4.68. The summed E-state index contributed by atoms with van der Waals surface area (Å²) in [5.41, 5.74) is 0. The zero-order valence-corrected chi connectivity index (χ0v) is 10.1. The summed E-state index contributed by atoms with van der Waals surface area (Å²) in [4.78, 5) is 10.8. The molecule has 0 saturated carbocycles. The first-order valence-corrected chi connectivity index (χ1v) is 5.39. The molecule has 1 aliphatic rings. The standard InChI is InChI=1S/C10H14O6S/c1-14-9(13)3-2-6(11)4-7(12)8-5-15-10(17)16-8/h2-3,6-8,11-12H,4-5H2,1H3/b3-2+/t6-,7-,8+/m1/s1. The molecular weight excluding hydrogens is 248 g/mol. The third-order valence-corrected chi connectivity index (χ3v) is 2.39. The molecule has 0 aliphatic carbocycles. The summed E-state index contributed by atoms with van der Waals surface area (Å²) >= 11 is 4.64. The van der Waals surface area contributed by atoms with Gasteiger partial charge in [-0.05, 0) is 6.08 Å². The number of aliphatic hydroxyl groups is 2. The first kappa shape index (κ1) is 13.9. The number of esters is 1. The van der Waals surface area contributed by atoms with E-state index in [4.69, 9.17) is 9.47 Å². The van der Waals surface area contributed by atoms with Gasteiger partial charge in [0, 0.05) is 24.7 Å². The average Bonchev–Trinajstić information content (AvgIpc) is 2.72. The van der Waals surface area contributed by atoms with Crippen LogP contribution in [0.25, 0.3) is 0 Å². The first-order chi connectivity index (χ1) is 8.02. The molecule has 1 saturated heterocycles. The zero-order chi connectivity index (χ0) is 12.8. The molecule has 0 amide bonds. The van der Waals surface area contributed by atoms with Crippen molar-refractivity contribution < 1.29 is 29.2 Å². The second-order valence-corrected chi connectivity index (χ2v) is 3.80. The van der Waals surface area contributed by atoms with Gasteiger partial charge in [-0.1, -0.05) is 0 Å². The number of methoxy groups -OCH3 is 1. The van der Waals surface area contributed by atoms with E-state index < -0.39 is 24.3 Å². The van der Waals surface area contributed by atoms with Crippen LogP contribution < -0.4 is 0 Å². The highest BCUT2D eigenvalue weighted by Gasteiger charge is 2.30. The van der Waals surface area contributed by atoms with Gasteiger partial charge in [-0.15, -0.1) is 0 Å². The topological polar surface area (TPSA) is 85.2 Å². The van der Waals surface area contributed by atoms with E-state index in [1.807, 2.05) is 0 Å². The molecule has 0 aromatic carbocycles. The molecule has 17 heavy (non-hydrogen) atoms. The lowest BCUT2D eigenvalue weighted by Crippen LogP contribution is -2.31. The van der Waals surface area contributed by atoms with Gasteiger partial charge < -0.3 is 24.4 Å². The highest BCUT2D eigenvalue weighted by molar-refractivity contribution is 7.79. The quantitative estimate of drug-likeness (QED) is 0.393. The number of rotatable bonds is 5. The number of thiocarbonyl (C=S) groups is 1. The Morgan fingerprint density at radius 2 is 2.41 bits per heavy atom. The molecule has 2 N–H and O–H groups in total. The Balaban J connectivity index is 2.35. The number of carbonyl (C=O) groups excluding carboxylic acids is 1. The molecule has 1 aliphatic heterocycles. The smallest absolute Gasteiger partial charge is 0.352 e. The summed E-state index contributed by atoms with van der Waals surface area (Å²) in [6.07, 6.45) is -0.125. The molecule has 0 unspecified atom stereocenters. The Bertz CT molecular complexity index is 316. The molecule has 1 rings (SSSR count). The van der Waals surface area contributed by atoms with Crippen molar-refractivity contribution in [3.05, 3.63) is 12.2 Å². The number of aliphatic hydroxyl groups excluding tert-OH is 2. The maximum absolute atomic E-state index is 10.8. The molecule has 0 spiro atoms. The lowest BCUT2D eigenvalue weighted by molar-refractivity contribution is -0.134. The molecule has 1 heterocycles. The maximum atomic E-state index is 10.8. The van der Waals surface area contributed by atoms with Crippen LogP contribution in [0, 0.1) is 0 Å². The van der Waals surface area contributed by atoms with Gasteiger partial charge in [-0.2, -0.15) is 0 Å². The predicted molar refractivity (Wildman–Crippen MR) is 61.2 cm³/mol. The van der Waals surface area contributed by atoms with E-state index in [2.05, 4.69) is 17.0 Å². The minimum absolute atomic E-state index is 0.00589. The number of ether oxygens (including phenoxy) is 3. The Kier molecular flexibility index (Phi) is 5.33. The van der Waals surface area contributed by atoms with Crippen molar-refractivity contribution >= 4 is 23.4 Å². The van der Waals surface area contributed by atoms with Crippen LogP contribution in [-0.4, -0.2) is 53.4 Å². The van der Waals surface area contributed by atoms with Crippen LogP contribution in [0.1, 0.15) is 6.42 Å². The van der Waals surface area contributed by atoms with Crippen LogP contribution in [0.5, 0.6) is 0 Å². The van der Waals surface area contributed by atoms with Crippen molar-refractivity contribution in [1.29, 1.82) is 0 Å². The maximum Gasteiger partial charge on any atom is 0.352 e. The molecule has 0 radical (unpaired) electrons. The van der Waals surface area contributed by atoms with E-state index in [-0.39, 0.29) is 18.3 Å². The monoisotopic (exact) mass is 262 g/mol. The van der Waals surface area contributed by atoms with Crippen LogP contribution in [0.2, 0.25) is 0 Å². The Morgan fingerprint density at radius 1 is 1.71 bits per heavy atom. The zero-order valence-electron chi connectivity index (χ0n) is 9.24. The molecule has 0 bridgehead atoms. The summed E-state index contributed by atoms with van der Waals surface area (Å²) in [7, 11) is 1.23. The van der Waals surface area contributed by atoms with Crippen molar-refractivity contribution in [3.8, 4) is 0 Å². The molecule has 3 atom stereocenters. The Hall–Kier alpha value is -1.18. The Labute approximate surface area is 104 Å². The SMILES string of the molecule is COC(=O)/C=C/[C@@H](O)C[C@@H](O)[C@@H]1COC(=S)O1. The van der Waals surface area contributed by atoms with Crippen LogP contribution in [0.3, 0.4) is 0 Å². The van der Waals surface area contributed by atoms with Crippen molar-refractivity contribution in [2.45, 2.75) is 24.7 Å². The molecule has 0 aromatic rings. The second-order valence-electron chi connectivity index (χ2n) is 3.47. The van der Waals surface area contributed by atoms with Gasteiger partial charge in [0.1, 0.15) is 6.61 Å². The van der Waals surface area contributed by atoms with E-state index >= 15 is 0 Å². The van der Waals surface area contributed by atoms with Crippen molar-refractivity contribution in [2.24, 2.45) is 0 Å². The summed E-state index contributed by atoms with van der Waals surface area (Å²) in [6.45, 7) is 0.160. The van der Waals surface area contributed by atoms with Crippen molar-refractivity contribution in [1.82, 2.24) is 0 Å². The summed E-state index contributed by atoms with van der Waals surface area (Å²) in [6, 6.07) is 0. The van der Waals surface area contributed by atoms with Gasteiger partial charge >= 0.3 is 11.2 Å². The molecule has 0 aromatic heterocycles. The van der Waals surface area contributed by atoms with E-state index in [9.17, 15) is 15.0 Å². The van der Waals surface area contributed by atoms with E-state index in [1.54, 1.807) is 0 Å². The van der Waals surface area contributed by atoms with E-state index in [0.717, 1.165) is 6.08 Å². The normalized spacial score (nSPS) is 23.0. The predicted octanol–water partition coefficient (Wildman–Crippen LogP) is -0.472. The van der Waals surface area contributed by atoms with E-state index in [0.29, 0.717) is 0 Å². The van der Waals surface area contributed by atoms with Crippen molar-refractivity contribution in [2.75, 3.05) is 13.7 Å². The number of carbonyl (C=O) groups is 1. The first-order valence-electron chi connectivity index (χ1n) is 4.98. The molecule has 7 heteroatoms. The van der Waals surface area contributed by atoms with Gasteiger partial charge in [0.05, 0.1) is 19.3 Å². The molecule has 96 valence electrons. The highest BCUT2D eigenvalue weighted by atomic mass is 32.1. The third-order valence-electron chi connectivity index (χ3n) is 2.18. The average molecular weight is 262 g/mol. The number of hydrogen-bond donors (Lipinski definition) is 2. The van der Waals surface area contributed by atoms with Crippen LogP contribution >= 0.6 is 12.2 Å². The molecular formula is C10H14O6S. The Morgan fingerprint density at radius 3 is 2.94 bits per heavy atom. The van der Waals surface area contributed by atoms with Crippen LogP contribution in [-0.2, 0) is 19.0 Å². The molecule has 6 nitrogen and oxygen atoms in total. The fraction of sp³-hybridized carbons (Fsp3) is 0.600. The highest BCUT2D eigenvalue weighted by Crippen LogP contribution is 2.14. The van der Waals surface area contributed by atoms with Gasteiger partial charge in [0.25, 0.3) is 0 Å². The van der Waals surface area contributed by atoms with Crippen LogP contribution in [0.4, 0.5) is 0 Å². The fourth-order valence-corrected chi connectivity index (χ4v) is 1.46. The van der Waals surface area contributed by atoms with Crippen molar-refractivity contribution in [3.63, 3.8) is 0 Å². The lowest BCUT2D eigenvalue weighted by Gasteiger charge is -2.16. The fourth-order valence-electron chi connectivity index (χ4n) is 1.27. The van der Waals surface area contributed by atoms with Gasteiger partial charge in [0.2, 0.25) is 0 Å². The van der Waals surface area contributed by atoms with E-state index in [1.165, 1.54) is 13.2 Å². The van der Waals surface area contributed by atoms with Gasteiger partial charge in [-0.25, -0.2) is 4.79 Å². The molecule has 1 fully saturated rings. The summed E-state index contributed by atoms with van der Waals surface area (Å²) < 4.78 is 14.2. The summed E-state index contributed by atoms with van der Waals surface area (Å²) in [5.74, 6) is -0.569. The van der Waals surface area contributed by atoms with Crippen LogP contribution in [0.15, 0.2) is 12.2 Å². The minimum Gasteiger partial charge on any atom is -0.466 e. The van der Waals surface area contributed by atoms with Gasteiger partial charge in [0.15, 0.2) is 6.10 Å². The number of hydrogen-bond acceptors (Lipinski definition) is 7. The second kappa shape index (κ2) is 6.53. The minimum atomic E-state index is -0.970. The van der Waals surface area contributed by atoms with Gasteiger partial charge in [-0.3, -0.25) is 0 Å². The lowest BCUT2D eigenvalue weighted by atomic mass is 10.1. The largest absolute Gasteiger partial charge is 0.466 e. The summed E-state index contributed by atoms with van der Waals surface area (Å²) in [5, 5.41) is 19.2.